The minimum Gasteiger partial charge on any atom is -0.355 e. The first-order chi connectivity index (χ1) is 11.1. The van der Waals surface area contributed by atoms with Crippen molar-refractivity contribution in [2.75, 3.05) is 60.4 Å². The van der Waals surface area contributed by atoms with E-state index in [1.54, 1.807) is 0 Å². The third-order valence-corrected chi connectivity index (χ3v) is 5.73. The van der Waals surface area contributed by atoms with Crippen molar-refractivity contribution in [1.82, 2.24) is 25.3 Å². The van der Waals surface area contributed by atoms with E-state index < -0.39 is 0 Å². The Bertz CT molecular complexity index is 421. The molecule has 3 rings (SSSR count). The number of guanidine groups is 1. The van der Waals surface area contributed by atoms with E-state index in [4.69, 9.17) is 0 Å². The molecule has 6 heteroatoms. The van der Waals surface area contributed by atoms with Gasteiger partial charge in [-0.15, -0.1) is 0 Å². The van der Waals surface area contributed by atoms with Gasteiger partial charge in [-0.2, -0.15) is 0 Å². The Kier molecular flexibility index (Phi) is 5.44. The van der Waals surface area contributed by atoms with Crippen LogP contribution >= 0.6 is 0 Å². The van der Waals surface area contributed by atoms with Crippen LogP contribution < -0.4 is 10.6 Å². The molecule has 0 amide bonds. The molecule has 3 atom stereocenters. The van der Waals surface area contributed by atoms with Crippen LogP contribution in [0.5, 0.6) is 0 Å². The zero-order valence-corrected chi connectivity index (χ0v) is 15.3. The summed E-state index contributed by atoms with van der Waals surface area (Å²) in [6, 6.07) is 1.94. The lowest BCUT2D eigenvalue weighted by atomic mass is 10.1. The van der Waals surface area contributed by atoms with Crippen LogP contribution in [0.25, 0.3) is 0 Å². The van der Waals surface area contributed by atoms with E-state index in [2.05, 4.69) is 51.3 Å². The lowest BCUT2D eigenvalue weighted by molar-refractivity contribution is 0.116. The second-order valence-electron chi connectivity index (χ2n) is 7.76. The lowest BCUT2D eigenvalue weighted by Gasteiger charge is -2.38. The highest BCUT2D eigenvalue weighted by Crippen LogP contribution is 2.31. The highest BCUT2D eigenvalue weighted by atomic mass is 15.3. The van der Waals surface area contributed by atoms with Crippen molar-refractivity contribution in [3.05, 3.63) is 0 Å². The smallest absolute Gasteiger partial charge is 0.191 e. The molecule has 23 heavy (non-hydrogen) atoms. The molecule has 0 aromatic carbocycles. The molecule has 3 unspecified atom stereocenters. The van der Waals surface area contributed by atoms with E-state index in [0.717, 1.165) is 38.2 Å². The van der Waals surface area contributed by atoms with Gasteiger partial charge in [-0.05, 0) is 32.9 Å². The second-order valence-corrected chi connectivity index (χ2v) is 7.76. The number of piperazine rings is 1. The number of rotatable bonds is 4. The molecule has 2 aliphatic heterocycles. The normalized spacial score (nSPS) is 34.8. The zero-order chi connectivity index (χ0) is 16.4. The lowest BCUT2D eigenvalue weighted by Crippen LogP contribution is -2.56. The summed E-state index contributed by atoms with van der Waals surface area (Å²) in [4.78, 5) is 12.0. The van der Waals surface area contributed by atoms with Gasteiger partial charge in [-0.3, -0.25) is 14.8 Å². The van der Waals surface area contributed by atoms with E-state index in [1.165, 1.54) is 25.9 Å². The van der Waals surface area contributed by atoms with Gasteiger partial charge in [0.25, 0.3) is 0 Å². The predicted molar refractivity (Wildman–Crippen MR) is 96.0 cm³/mol. The van der Waals surface area contributed by atoms with E-state index in [1.807, 2.05) is 7.05 Å². The second kappa shape index (κ2) is 7.36. The van der Waals surface area contributed by atoms with Crippen molar-refractivity contribution in [1.29, 1.82) is 0 Å². The van der Waals surface area contributed by atoms with Crippen LogP contribution in [-0.2, 0) is 0 Å². The topological polar surface area (TPSA) is 46.1 Å². The molecule has 1 saturated carbocycles. The van der Waals surface area contributed by atoms with Crippen molar-refractivity contribution in [3.63, 3.8) is 0 Å². The largest absolute Gasteiger partial charge is 0.355 e. The summed E-state index contributed by atoms with van der Waals surface area (Å²) in [5.74, 6) is 1.65. The Morgan fingerprint density at radius 3 is 2.61 bits per heavy atom. The number of likely N-dealkylation sites (tertiary alicyclic amines) is 1. The number of nitrogens with one attached hydrogen (secondary N) is 2. The number of hydrogen-bond donors (Lipinski definition) is 2. The first kappa shape index (κ1) is 17.0. The van der Waals surface area contributed by atoms with Crippen molar-refractivity contribution in [2.45, 2.75) is 37.9 Å². The molecular formula is C17H34N6. The Labute approximate surface area is 141 Å². The maximum Gasteiger partial charge on any atom is 0.191 e. The van der Waals surface area contributed by atoms with Crippen molar-refractivity contribution < 1.29 is 0 Å². The SMILES string of the molecule is CN=C(NCC1CN(C)CCN1C)NC1CN(C2CC2)CC1C. The molecule has 0 aromatic rings. The van der Waals surface area contributed by atoms with Gasteiger partial charge in [0.1, 0.15) is 0 Å². The fourth-order valence-electron chi connectivity index (χ4n) is 3.84. The number of likely N-dealkylation sites (N-methyl/N-ethyl adjacent to an activating group) is 2. The van der Waals surface area contributed by atoms with Gasteiger partial charge in [-0.1, -0.05) is 6.92 Å². The monoisotopic (exact) mass is 322 g/mol. The van der Waals surface area contributed by atoms with Crippen LogP contribution in [0.1, 0.15) is 19.8 Å². The summed E-state index contributed by atoms with van der Waals surface area (Å²) in [5.41, 5.74) is 0. The van der Waals surface area contributed by atoms with Gasteiger partial charge in [0.15, 0.2) is 5.96 Å². The minimum atomic E-state index is 0.522. The zero-order valence-electron chi connectivity index (χ0n) is 15.3. The fourth-order valence-corrected chi connectivity index (χ4v) is 3.84. The van der Waals surface area contributed by atoms with Crippen LogP contribution in [-0.4, -0.2) is 99.2 Å². The summed E-state index contributed by atoms with van der Waals surface area (Å²) < 4.78 is 0. The highest BCUT2D eigenvalue weighted by molar-refractivity contribution is 5.80. The first-order valence-electron chi connectivity index (χ1n) is 9.17. The van der Waals surface area contributed by atoms with Gasteiger partial charge >= 0.3 is 0 Å². The minimum absolute atomic E-state index is 0.522. The van der Waals surface area contributed by atoms with Gasteiger partial charge < -0.3 is 15.5 Å². The molecule has 0 spiro atoms. The quantitative estimate of drug-likeness (QED) is 0.558. The van der Waals surface area contributed by atoms with Crippen LogP contribution in [0.3, 0.4) is 0 Å². The van der Waals surface area contributed by atoms with Crippen molar-refractivity contribution in [3.8, 4) is 0 Å². The summed E-state index contributed by atoms with van der Waals surface area (Å²) in [6.07, 6.45) is 2.79. The third-order valence-electron chi connectivity index (χ3n) is 5.73. The van der Waals surface area contributed by atoms with Gasteiger partial charge in [-0.25, -0.2) is 0 Å². The standard InChI is InChI=1S/C17H34N6/c1-13-10-23(14-5-6-14)12-16(13)20-17(18-2)19-9-15-11-21(3)7-8-22(15)4/h13-16H,5-12H2,1-4H3,(H2,18,19,20). The fraction of sp³-hybridized carbons (Fsp3) is 0.941. The molecule has 1 aliphatic carbocycles. The first-order valence-corrected chi connectivity index (χ1v) is 9.17. The highest BCUT2D eigenvalue weighted by Gasteiger charge is 2.38. The average Bonchev–Trinajstić information content (AvgIpc) is 3.31. The average molecular weight is 323 g/mol. The molecule has 6 nitrogen and oxygen atoms in total. The number of nitrogens with zero attached hydrogens (tertiary/aromatic N) is 4. The van der Waals surface area contributed by atoms with Crippen LogP contribution in [0.4, 0.5) is 0 Å². The Hall–Kier alpha value is -0.850. The maximum atomic E-state index is 4.44. The van der Waals surface area contributed by atoms with Gasteiger partial charge in [0.2, 0.25) is 0 Å². The summed E-state index contributed by atoms with van der Waals surface area (Å²) in [7, 11) is 6.31. The molecule has 132 valence electrons. The summed E-state index contributed by atoms with van der Waals surface area (Å²) in [6.45, 7) is 9.14. The van der Waals surface area contributed by atoms with E-state index in [9.17, 15) is 0 Å². The molecule has 2 saturated heterocycles. The van der Waals surface area contributed by atoms with E-state index >= 15 is 0 Å². The molecule has 3 aliphatic rings. The van der Waals surface area contributed by atoms with Crippen molar-refractivity contribution >= 4 is 5.96 Å². The molecule has 0 bridgehead atoms. The number of aliphatic imine (C=N–C) groups is 1. The molecule has 2 N–H and O–H groups in total. The molecule has 3 fully saturated rings. The van der Waals surface area contributed by atoms with Crippen LogP contribution in [0.2, 0.25) is 0 Å². The van der Waals surface area contributed by atoms with Crippen LogP contribution in [0.15, 0.2) is 4.99 Å². The Morgan fingerprint density at radius 1 is 1.13 bits per heavy atom. The van der Waals surface area contributed by atoms with Gasteiger partial charge in [0.05, 0.1) is 0 Å². The third kappa shape index (κ3) is 4.37. The molecule has 0 radical (unpaired) electrons. The predicted octanol–water partition coefficient (Wildman–Crippen LogP) is -0.120. The molecule has 0 aromatic heterocycles. The van der Waals surface area contributed by atoms with Crippen LogP contribution in [0, 0.1) is 5.92 Å². The van der Waals surface area contributed by atoms with E-state index in [-0.39, 0.29) is 0 Å². The Balaban J connectivity index is 1.46. The summed E-state index contributed by atoms with van der Waals surface area (Å²) in [5, 5.41) is 7.21. The van der Waals surface area contributed by atoms with E-state index in [0.29, 0.717) is 18.0 Å². The maximum absolute atomic E-state index is 4.44. The molecule has 2 heterocycles. The van der Waals surface area contributed by atoms with Gasteiger partial charge in [0, 0.05) is 64.4 Å². The molecular weight excluding hydrogens is 288 g/mol. The van der Waals surface area contributed by atoms with Crippen molar-refractivity contribution in [2.24, 2.45) is 10.9 Å². The summed E-state index contributed by atoms with van der Waals surface area (Å²) >= 11 is 0. The number of hydrogen-bond acceptors (Lipinski definition) is 4. The Morgan fingerprint density at radius 2 is 1.91 bits per heavy atom.